The maximum absolute atomic E-state index is 11.6. The lowest BCUT2D eigenvalue weighted by atomic mass is 10.2. The highest BCUT2D eigenvalue weighted by molar-refractivity contribution is 5.87. The van der Waals surface area contributed by atoms with E-state index in [0.29, 0.717) is 13.2 Å². The lowest BCUT2D eigenvalue weighted by Gasteiger charge is -2.23. The topological polar surface area (TPSA) is 73.9 Å². The summed E-state index contributed by atoms with van der Waals surface area (Å²) < 4.78 is 15.3. The Labute approximate surface area is 101 Å². The number of nitrogens with one attached hydrogen (secondary N) is 1. The Balaban J connectivity index is 2.25. The zero-order valence-corrected chi connectivity index (χ0v) is 10.4. The van der Waals surface area contributed by atoms with Gasteiger partial charge in [-0.05, 0) is 20.8 Å². The van der Waals surface area contributed by atoms with E-state index >= 15 is 0 Å². The minimum Gasteiger partial charge on any atom is -0.444 e. The fourth-order valence-electron chi connectivity index (χ4n) is 1.26. The molecule has 0 spiro atoms. The van der Waals surface area contributed by atoms with Gasteiger partial charge >= 0.3 is 6.09 Å². The molecule has 1 unspecified atom stereocenters. The number of hydrogen-bond donors (Lipinski definition) is 1. The molecular formula is C11H19NO5. The molecule has 1 rings (SSSR count). The van der Waals surface area contributed by atoms with Gasteiger partial charge in [0.15, 0.2) is 5.78 Å². The van der Waals surface area contributed by atoms with Crippen molar-refractivity contribution >= 4 is 11.9 Å². The minimum absolute atomic E-state index is 0.108. The van der Waals surface area contributed by atoms with Gasteiger partial charge in [-0.1, -0.05) is 0 Å². The summed E-state index contributed by atoms with van der Waals surface area (Å²) in [5.74, 6) is -0.212. The van der Waals surface area contributed by atoms with E-state index in [4.69, 9.17) is 14.2 Å². The highest BCUT2D eigenvalue weighted by Gasteiger charge is 2.23. The number of carbonyl (C=O) groups excluding carboxylic acids is 2. The molecule has 1 aliphatic heterocycles. The molecule has 6 nitrogen and oxygen atoms in total. The molecule has 1 heterocycles. The largest absolute Gasteiger partial charge is 0.444 e. The van der Waals surface area contributed by atoms with Crippen molar-refractivity contribution in [3.8, 4) is 0 Å². The van der Waals surface area contributed by atoms with Crippen LogP contribution in [-0.4, -0.2) is 49.9 Å². The van der Waals surface area contributed by atoms with Gasteiger partial charge in [-0.3, -0.25) is 4.79 Å². The van der Waals surface area contributed by atoms with Crippen molar-refractivity contribution in [1.29, 1.82) is 0 Å². The average Bonchev–Trinajstić information content (AvgIpc) is 2.25. The van der Waals surface area contributed by atoms with Gasteiger partial charge in [0.1, 0.15) is 11.7 Å². The van der Waals surface area contributed by atoms with E-state index < -0.39 is 17.8 Å². The molecular weight excluding hydrogens is 226 g/mol. The van der Waals surface area contributed by atoms with Crippen LogP contribution in [0.5, 0.6) is 0 Å². The van der Waals surface area contributed by atoms with Gasteiger partial charge in [-0.15, -0.1) is 0 Å². The first-order chi connectivity index (χ1) is 7.88. The van der Waals surface area contributed by atoms with Crippen molar-refractivity contribution in [3.05, 3.63) is 0 Å². The van der Waals surface area contributed by atoms with E-state index in [0.717, 1.165) is 0 Å². The first-order valence-electron chi connectivity index (χ1n) is 5.57. The number of carbonyl (C=O) groups is 2. The van der Waals surface area contributed by atoms with E-state index in [1.165, 1.54) is 0 Å². The number of Topliss-reactive ketones (excluding diaryl/α,β-unsaturated/α-hetero) is 1. The molecule has 1 N–H and O–H groups in total. The van der Waals surface area contributed by atoms with Crippen LogP contribution in [0, 0.1) is 0 Å². The first-order valence-corrected chi connectivity index (χ1v) is 5.57. The van der Waals surface area contributed by atoms with Crippen molar-refractivity contribution in [2.45, 2.75) is 32.5 Å². The van der Waals surface area contributed by atoms with Crippen LogP contribution in [-0.2, 0) is 19.0 Å². The molecule has 98 valence electrons. The molecule has 1 atom stereocenters. The Bertz CT molecular complexity index is 278. The highest BCUT2D eigenvalue weighted by Crippen LogP contribution is 2.06. The normalized spacial score (nSPS) is 20.8. The Hall–Kier alpha value is -1.14. The second-order valence-electron chi connectivity index (χ2n) is 4.76. The third-order valence-corrected chi connectivity index (χ3v) is 1.98. The molecule has 0 aromatic heterocycles. The first kappa shape index (κ1) is 13.9. The molecule has 0 aliphatic carbocycles. The summed E-state index contributed by atoms with van der Waals surface area (Å²) in [6.45, 7) is 6.31. The Morgan fingerprint density at radius 3 is 2.59 bits per heavy atom. The maximum atomic E-state index is 11.6. The van der Waals surface area contributed by atoms with Gasteiger partial charge in [0.05, 0.1) is 26.4 Å². The zero-order chi connectivity index (χ0) is 12.9. The quantitative estimate of drug-likeness (QED) is 0.783. The molecule has 1 fully saturated rings. The van der Waals surface area contributed by atoms with Gasteiger partial charge in [-0.25, -0.2) is 4.79 Å². The Morgan fingerprint density at radius 1 is 1.35 bits per heavy atom. The number of amides is 1. The van der Waals surface area contributed by atoms with Crippen LogP contribution >= 0.6 is 0 Å². The number of hydrogen-bond acceptors (Lipinski definition) is 5. The predicted octanol–water partition coefficient (Wildman–Crippen LogP) is 0.496. The van der Waals surface area contributed by atoms with Crippen molar-refractivity contribution in [3.63, 3.8) is 0 Å². The monoisotopic (exact) mass is 245 g/mol. The van der Waals surface area contributed by atoms with Crippen molar-refractivity contribution in [1.82, 2.24) is 5.32 Å². The molecule has 1 amide bonds. The fourth-order valence-corrected chi connectivity index (χ4v) is 1.26. The fraction of sp³-hybridized carbons (Fsp3) is 0.818. The summed E-state index contributed by atoms with van der Waals surface area (Å²) in [6, 6.07) is 0. The summed E-state index contributed by atoms with van der Waals surface area (Å²) in [6.07, 6.45) is -1.19. The number of ketones is 1. The molecule has 1 aliphatic rings. The van der Waals surface area contributed by atoms with Gasteiger partial charge in [0, 0.05) is 0 Å². The van der Waals surface area contributed by atoms with Gasteiger partial charge in [-0.2, -0.15) is 0 Å². The third-order valence-electron chi connectivity index (χ3n) is 1.98. The van der Waals surface area contributed by atoms with Crippen LogP contribution < -0.4 is 5.32 Å². The van der Waals surface area contributed by atoms with E-state index in [-0.39, 0.29) is 18.9 Å². The van der Waals surface area contributed by atoms with Crippen molar-refractivity contribution in [2.75, 3.05) is 26.4 Å². The molecule has 0 aromatic rings. The molecule has 0 bridgehead atoms. The van der Waals surface area contributed by atoms with Crippen molar-refractivity contribution < 1.29 is 23.8 Å². The van der Waals surface area contributed by atoms with Crippen LogP contribution in [0.1, 0.15) is 20.8 Å². The van der Waals surface area contributed by atoms with E-state index in [9.17, 15) is 9.59 Å². The summed E-state index contributed by atoms with van der Waals surface area (Å²) in [7, 11) is 0. The standard InChI is InChI=1S/C11H19NO5/c1-11(2,3)17-10(14)12-6-8(13)9-7-15-4-5-16-9/h9H,4-7H2,1-3H3,(H,12,14). The second-order valence-corrected chi connectivity index (χ2v) is 4.76. The lowest BCUT2D eigenvalue weighted by Crippen LogP contribution is -2.43. The molecule has 0 aromatic carbocycles. The Kier molecular flexibility index (Phi) is 4.89. The molecule has 0 radical (unpaired) electrons. The average molecular weight is 245 g/mol. The maximum Gasteiger partial charge on any atom is 0.408 e. The Morgan fingerprint density at radius 2 is 2.06 bits per heavy atom. The molecule has 1 saturated heterocycles. The number of rotatable bonds is 3. The van der Waals surface area contributed by atoms with Gasteiger partial charge in [0.2, 0.25) is 0 Å². The molecule has 6 heteroatoms. The van der Waals surface area contributed by atoms with Crippen molar-refractivity contribution in [2.24, 2.45) is 0 Å². The summed E-state index contributed by atoms with van der Waals surface area (Å²) in [4.78, 5) is 22.9. The number of alkyl carbamates (subject to hydrolysis) is 1. The third kappa shape index (κ3) is 5.65. The summed E-state index contributed by atoms with van der Waals surface area (Å²) >= 11 is 0. The summed E-state index contributed by atoms with van der Waals surface area (Å²) in [5, 5.41) is 2.39. The van der Waals surface area contributed by atoms with Crippen LogP contribution in [0.25, 0.3) is 0 Å². The van der Waals surface area contributed by atoms with Crippen LogP contribution in [0.2, 0.25) is 0 Å². The smallest absolute Gasteiger partial charge is 0.408 e. The SMILES string of the molecule is CC(C)(C)OC(=O)NCC(=O)C1COCCO1. The second kappa shape index (κ2) is 5.97. The summed E-state index contributed by atoms with van der Waals surface area (Å²) in [5.41, 5.74) is -0.572. The van der Waals surface area contributed by atoms with Crippen LogP contribution in [0.4, 0.5) is 4.79 Å². The van der Waals surface area contributed by atoms with E-state index in [2.05, 4.69) is 5.32 Å². The molecule has 17 heavy (non-hydrogen) atoms. The minimum atomic E-state index is -0.609. The van der Waals surface area contributed by atoms with Gasteiger partial charge in [0.25, 0.3) is 0 Å². The van der Waals surface area contributed by atoms with E-state index in [1.807, 2.05) is 0 Å². The van der Waals surface area contributed by atoms with Gasteiger partial charge < -0.3 is 19.5 Å². The van der Waals surface area contributed by atoms with Crippen LogP contribution in [0.3, 0.4) is 0 Å². The lowest BCUT2D eigenvalue weighted by molar-refractivity contribution is -0.144. The predicted molar refractivity (Wildman–Crippen MR) is 59.8 cm³/mol. The zero-order valence-electron chi connectivity index (χ0n) is 10.4. The van der Waals surface area contributed by atoms with E-state index in [1.54, 1.807) is 20.8 Å². The number of ether oxygens (including phenoxy) is 3. The van der Waals surface area contributed by atoms with Crippen LogP contribution in [0.15, 0.2) is 0 Å². The highest BCUT2D eigenvalue weighted by atomic mass is 16.6. The molecule has 0 saturated carbocycles.